The van der Waals surface area contributed by atoms with Gasteiger partial charge in [-0.25, -0.2) is 0 Å². The third-order valence-electron chi connectivity index (χ3n) is 14.5. The van der Waals surface area contributed by atoms with E-state index in [0.29, 0.717) is 29.7 Å². The molecule has 8 N–H and O–H groups in total. The molecular formula is C41H64N4O4. The summed E-state index contributed by atoms with van der Waals surface area (Å²) in [6, 6.07) is 10.1. The van der Waals surface area contributed by atoms with Gasteiger partial charge in [-0.15, -0.1) is 0 Å². The molecule has 8 nitrogen and oxygen atoms in total. The molecule has 13 atom stereocenters. The summed E-state index contributed by atoms with van der Waals surface area (Å²) in [6.07, 6.45) is 19.9. The number of benzene rings is 1. The standard InChI is InChI=1S/C41H64N4O4/c1-26-36(46)13-12-35(44-26)30-9-8-29-14-16-40-15-4-7-32(40)10-11-33(21-40)41(49,24-38(47)48)25-43-39(2)22-34(45-37(42)23-39)19-28-6-3-5-27(17-28)18-31(29)20-30/h3,5-6,10-11,17,26,29-37,43-46,49H,4,7-9,12-16,18-25,42H2,1-2H3,(H,47,48). The minimum atomic E-state index is -1.37. The van der Waals surface area contributed by atoms with Crippen molar-refractivity contribution < 1.29 is 20.1 Å². The van der Waals surface area contributed by atoms with Crippen LogP contribution in [0.5, 0.6) is 0 Å². The molecule has 3 aliphatic heterocycles. The van der Waals surface area contributed by atoms with Crippen LogP contribution in [0.2, 0.25) is 0 Å². The molecule has 1 spiro atoms. The summed E-state index contributed by atoms with van der Waals surface area (Å²) in [5.74, 6) is 1.29. The molecule has 2 saturated heterocycles. The van der Waals surface area contributed by atoms with E-state index in [4.69, 9.17) is 5.73 Å². The highest BCUT2D eigenvalue weighted by Gasteiger charge is 2.51. The SMILES string of the molecule is CC1NC(C2CCC3CCC45CCCC4C=CC(C5)C(O)(CC(=O)O)CNC4(C)CC(N)NC(Cc5cccc(c5)CC3C2)C4)CCC1O. The van der Waals surface area contributed by atoms with Gasteiger partial charge in [0.1, 0.15) is 0 Å². The van der Waals surface area contributed by atoms with E-state index in [1.54, 1.807) is 0 Å². The molecule has 2 saturated carbocycles. The minimum absolute atomic E-state index is 0.126. The molecular weight excluding hydrogens is 612 g/mol. The zero-order chi connectivity index (χ0) is 34.4. The van der Waals surface area contributed by atoms with Gasteiger partial charge in [-0.3, -0.25) is 10.1 Å². The summed E-state index contributed by atoms with van der Waals surface area (Å²) in [4.78, 5) is 12.3. The monoisotopic (exact) mass is 676 g/mol. The van der Waals surface area contributed by atoms with Crippen molar-refractivity contribution in [1.82, 2.24) is 16.0 Å². The summed E-state index contributed by atoms with van der Waals surface area (Å²) >= 11 is 0. The van der Waals surface area contributed by atoms with E-state index in [0.717, 1.165) is 51.4 Å². The Balaban J connectivity index is 1.21. The Bertz CT molecular complexity index is 1360. The van der Waals surface area contributed by atoms with Crippen LogP contribution < -0.4 is 21.7 Å². The zero-order valence-electron chi connectivity index (χ0n) is 30.1. The van der Waals surface area contributed by atoms with Crippen LogP contribution in [0.15, 0.2) is 36.4 Å². The molecule has 13 unspecified atom stereocenters. The normalized spacial score (nSPS) is 46.1. The van der Waals surface area contributed by atoms with Crippen molar-refractivity contribution in [3.63, 3.8) is 0 Å². The van der Waals surface area contributed by atoms with Gasteiger partial charge in [0.05, 0.1) is 24.3 Å². The molecule has 6 aliphatic rings. The third-order valence-corrected chi connectivity index (χ3v) is 14.5. The van der Waals surface area contributed by atoms with Gasteiger partial charge in [-0.1, -0.05) is 42.8 Å². The number of carboxylic acid groups (broad SMARTS) is 1. The molecule has 3 heterocycles. The molecule has 272 valence electrons. The van der Waals surface area contributed by atoms with Crippen LogP contribution in [0.3, 0.4) is 0 Å². The molecule has 4 fully saturated rings. The number of aliphatic hydroxyl groups is 2. The quantitative estimate of drug-likeness (QED) is 0.221. The summed E-state index contributed by atoms with van der Waals surface area (Å²) in [5, 5.41) is 44.0. The highest BCUT2D eigenvalue weighted by molar-refractivity contribution is 5.68. The number of fused-ring (bicyclic) bond motifs is 6. The van der Waals surface area contributed by atoms with Crippen LogP contribution in [0.4, 0.5) is 0 Å². The van der Waals surface area contributed by atoms with Crippen molar-refractivity contribution >= 4 is 5.97 Å². The van der Waals surface area contributed by atoms with E-state index in [1.807, 2.05) is 0 Å². The number of allylic oxidation sites excluding steroid dienone is 1. The lowest BCUT2D eigenvalue weighted by Crippen LogP contribution is -2.64. The summed E-state index contributed by atoms with van der Waals surface area (Å²) < 4.78 is 0. The Kier molecular flexibility index (Phi) is 10.4. The molecule has 3 aliphatic carbocycles. The molecule has 0 aromatic heterocycles. The van der Waals surface area contributed by atoms with E-state index in [1.165, 1.54) is 56.1 Å². The zero-order valence-corrected chi connectivity index (χ0v) is 30.1. The number of carbonyl (C=O) groups is 1. The Hall–Kier alpha value is -1.81. The summed E-state index contributed by atoms with van der Waals surface area (Å²) in [5.41, 5.74) is 7.85. The van der Waals surface area contributed by atoms with Gasteiger partial charge in [-0.2, -0.15) is 0 Å². The number of hydrogen-bond donors (Lipinski definition) is 7. The van der Waals surface area contributed by atoms with E-state index in [2.05, 4.69) is 66.2 Å². The maximum absolute atomic E-state index is 12.3. The predicted octanol–water partition coefficient (Wildman–Crippen LogP) is 5.05. The number of aliphatic hydroxyl groups excluding tert-OH is 1. The molecule has 7 rings (SSSR count). The van der Waals surface area contributed by atoms with Gasteiger partial charge in [0.15, 0.2) is 0 Å². The third kappa shape index (κ3) is 7.85. The predicted molar refractivity (Wildman–Crippen MR) is 194 cm³/mol. The first-order valence-corrected chi connectivity index (χ1v) is 19.8. The van der Waals surface area contributed by atoms with Gasteiger partial charge in [0.2, 0.25) is 0 Å². The fourth-order valence-corrected chi connectivity index (χ4v) is 11.8. The first-order valence-electron chi connectivity index (χ1n) is 19.8. The Morgan fingerprint density at radius 2 is 1.69 bits per heavy atom. The van der Waals surface area contributed by atoms with E-state index in [-0.39, 0.29) is 54.2 Å². The lowest BCUT2D eigenvalue weighted by atomic mass is 9.60. The maximum Gasteiger partial charge on any atom is 0.306 e. The summed E-state index contributed by atoms with van der Waals surface area (Å²) in [7, 11) is 0. The van der Waals surface area contributed by atoms with Gasteiger partial charge in [0, 0.05) is 36.1 Å². The minimum Gasteiger partial charge on any atom is -0.481 e. The number of nitrogens with two attached hydrogens (primary N) is 1. The van der Waals surface area contributed by atoms with Crippen LogP contribution in [0.25, 0.3) is 0 Å². The van der Waals surface area contributed by atoms with Gasteiger partial charge in [0.25, 0.3) is 0 Å². The molecule has 49 heavy (non-hydrogen) atoms. The highest BCUT2D eigenvalue weighted by Crippen LogP contribution is 2.57. The number of piperidine rings is 2. The number of carboxylic acids is 1. The molecule has 0 radical (unpaired) electrons. The van der Waals surface area contributed by atoms with Crippen LogP contribution >= 0.6 is 0 Å². The van der Waals surface area contributed by atoms with Crippen LogP contribution in [0, 0.1) is 35.0 Å². The maximum atomic E-state index is 12.3. The van der Waals surface area contributed by atoms with Crippen LogP contribution in [-0.4, -0.2) is 69.4 Å². The van der Waals surface area contributed by atoms with Crippen LogP contribution in [0.1, 0.15) is 115 Å². The van der Waals surface area contributed by atoms with Gasteiger partial charge in [-0.05, 0) is 144 Å². The van der Waals surface area contributed by atoms with Gasteiger partial charge >= 0.3 is 5.97 Å². The number of β-amino-alcohol motifs (C(OH)–C–C–N with tert-alkyl or cyclic N) is 1. The van der Waals surface area contributed by atoms with Crippen molar-refractivity contribution in [2.45, 2.75) is 158 Å². The first-order chi connectivity index (χ1) is 23.4. The van der Waals surface area contributed by atoms with Crippen molar-refractivity contribution in [2.24, 2.45) is 40.7 Å². The average molecular weight is 677 g/mol. The number of aliphatic carboxylic acids is 1. The lowest BCUT2D eigenvalue weighted by Gasteiger charge is -2.49. The molecule has 1 aromatic rings. The molecule has 8 heteroatoms. The second-order valence-corrected chi connectivity index (χ2v) is 18.1. The Morgan fingerprint density at radius 3 is 2.49 bits per heavy atom. The van der Waals surface area contributed by atoms with Crippen molar-refractivity contribution in [3.05, 3.63) is 47.5 Å². The number of nitrogens with one attached hydrogen (secondary N) is 3. The Labute approximate surface area is 294 Å². The second kappa shape index (κ2) is 14.3. The van der Waals surface area contributed by atoms with E-state index < -0.39 is 11.6 Å². The first kappa shape index (κ1) is 35.6. The number of rotatable bonds is 3. The highest BCUT2D eigenvalue weighted by atomic mass is 16.4. The lowest BCUT2D eigenvalue weighted by molar-refractivity contribution is -0.145. The fraction of sp³-hybridized carbons (Fsp3) is 0.780. The van der Waals surface area contributed by atoms with Crippen molar-refractivity contribution in [3.8, 4) is 0 Å². The van der Waals surface area contributed by atoms with E-state index in [9.17, 15) is 20.1 Å². The van der Waals surface area contributed by atoms with E-state index >= 15 is 0 Å². The molecule has 0 amide bonds. The summed E-state index contributed by atoms with van der Waals surface area (Å²) in [6.45, 7) is 4.58. The largest absolute Gasteiger partial charge is 0.481 e. The average Bonchev–Trinajstić information content (AvgIpc) is 3.47. The van der Waals surface area contributed by atoms with Crippen molar-refractivity contribution in [1.29, 1.82) is 0 Å². The van der Waals surface area contributed by atoms with Crippen molar-refractivity contribution in [2.75, 3.05) is 6.54 Å². The molecule has 1 aromatic carbocycles. The Morgan fingerprint density at radius 1 is 0.918 bits per heavy atom. The molecule has 6 bridgehead atoms. The smallest absolute Gasteiger partial charge is 0.306 e. The number of hydrogen-bond acceptors (Lipinski definition) is 7. The topological polar surface area (TPSA) is 140 Å². The van der Waals surface area contributed by atoms with Gasteiger partial charge < -0.3 is 31.7 Å². The van der Waals surface area contributed by atoms with Crippen LogP contribution in [-0.2, 0) is 17.6 Å². The fourth-order valence-electron chi connectivity index (χ4n) is 11.8. The second-order valence-electron chi connectivity index (χ2n) is 18.1.